The molecular formula is C21H19BrN2. The second kappa shape index (κ2) is 8.42. The van der Waals surface area contributed by atoms with Gasteiger partial charge < -0.3 is 17.0 Å². The van der Waals surface area contributed by atoms with Crippen LogP contribution in [0.2, 0.25) is 0 Å². The number of hydrogen-bond acceptors (Lipinski definition) is 0. The van der Waals surface area contributed by atoms with Crippen molar-refractivity contribution in [1.29, 1.82) is 0 Å². The standard InChI is InChI=1S/C21H19N2.BrH/c1-17-14-20(22-2)12-11-19(17)15-21-10-6-7-13-23(21)16-18-8-4-3-5-9-18;/h3-14H,15-16H2,1H3;1H/q+1;/p-1. The second-order valence-electron chi connectivity index (χ2n) is 5.70. The van der Waals surface area contributed by atoms with Crippen molar-refractivity contribution in [3.8, 4) is 0 Å². The summed E-state index contributed by atoms with van der Waals surface area (Å²) in [6.45, 7) is 10.1. The lowest BCUT2D eigenvalue weighted by Crippen LogP contribution is -3.00. The summed E-state index contributed by atoms with van der Waals surface area (Å²) in [5.41, 5.74) is 5.72. The summed E-state index contributed by atoms with van der Waals surface area (Å²) in [5, 5.41) is 0. The van der Waals surface area contributed by atoms with E-state index in [9.17, 15) is 0 Å². The lowest BCUT2D eigenvalue weighted by Gasteiger charge is -2.07. The van der Waals surface area contributed by atoms with E-state index in [4.69, 9.17) is 6.57 Å². The number of hydrogen-bond donors (Lipinski definition) is 0. The van der Waals surface area contributed by atoms with Gasteiger partial charge in [0.05, 0.1) is 13.0 Å². The molecule has 0 saturated carbocycles. The third kappa shape index (κ3) is 4.31. The average molecular weight is 379 g/mol. The normalized spacial score (nSPS) is 9.83. The molecule has 0 spiro atoms. The molecule has 0 amide bonds. The summed E-state index contributed by atoms with van der Waals surface area (Å²) in [6.07, 6.45) is 3.00. The zero-order valence-corrected chi connectivity index (χ0v) is 15.2. The van der Waals surface area contributed by atoms with Gasteiger partial charge in [0.15, 0.2) is 24.1 Å². The lowest BCUT2D eigenvalue weighted by atomic mass is 10.0. The number of nitrogens with zero attached hydrogens (tertiary/aromatic N) is 2. The Labute approximate surface area is 154 Å². The molecule has 24 heavy (non-hydrogen) atoms. The first-order chi connectivity index (χ1) is 11.3. The monoisotopic (exact) mass is 378 g/mol. The minimum atomic E-state index is 0. The first-order valence-corrected chi connectivity index (χ1v) is 7.74. The van der Waals surface area contributed by atoms with Crippen LogP contribution in [0.3, 0.4) is 0 Å². The number of pyridine rings is 1. The molecule has 2 aromatic carbocycles. The zero-order valence-electron chi connectivity index (χ0n) is 13.6. The van der Waals surface area contributed by atoms with Gasteiger partial charge in [-0.15, -0.1) is 0 Å². The van der Waals surface area contributed by atoms with Gasteiger partial charge in [-0.2, -0.15) is 4.57 Å². The molecule has 0 N–H and O–H groups in total. The topological polar surface area (TPSA) is 8.24 Å². The van der Waals surface area contributed by atoms with Crippen LogP contribution in [0.25, 0.3) is 4.85 Å². The summed E-state index contributed by atoms with van der Waals surface area (Å²) >= 11 is 0. The smallest absolute Gasteiger partial charge is 0.187 e. The predicted octanol–water partition coefficient (Wildman–Crippen LogP) is 1.48. The van der Waals surface area contributed by atoms with Crippen LogP contribution in [0.4, 0.5) is 5.69 Å². The van der Waals surface area contributed by atoms with Crippen molar-refractivity contribution < 1.29 is 21.5 Å². The maximum atomic E-state index is 7.11. The molecule has 3 aromatic rings. The molecule has 0 aliphatic carbocycles. The van der Waals surface area contributed by atoms with Crippen LogP contribution in [0, 0.1) is 13.5 Å². The number of aromatic nitrogens is 1. The van der Waals surface area contributed by atoms with E-state index in [2.05, 4.69) is 71.1 Å². The van der Waals surface area contributed by atoms with E-state index in [-0.39, 0.29) is 17.0 Å². The Hall–Kier alpha value is -2.44. The Morgan fingerprint density at radius 3 is 2.42 bits per heavy atom. The SMILES string of the molecule is [Br-].[C-]#[N+]c1ccc(Cc2cccc[n+]2Cc2ccccc2)c(C)c1. The Balaban J connectivity index is 0.00000208. The van der Waals surface area contributed by atoms with Crippen molar-refractivity contribution in [3.05, 3.63) is 107 Å². The van der Waals surface area contributed by atoms with Crippen molar-refractivity contribution in [3.63, 3.8) is 0 Å². The van der Waals surface area contributed by atoms with Gasteiger partial charge in [0.2, 0.25) is 0 Å². The molecule has 0 radical (unpaired) electrons. The van der Waals surface area contributed by atoms with E-state index in [0.717, 1.165) is 13.0 Å². The van der Waals surface area contributed by atoms with Crippen LogP contribution < -0.4 is 21.5 Å². The van der Waals surface area contributed by atoms with Gasteiger partial charge in [-0.3, -0.25) is 0 Å². The highest BCUT2D eigenvalue weighted by atomic mass is 79.9. The molecule has 120 valence electrons. The summed E-state index contributed by atoms with van der Waals surface area (Å²) in [4.78, 5) is 3.50. The van der Waals surface area contributed by atoms with Gasteiger partial charge >= 0.3 is 0 Å². The van der Waals surface area contributed by atoms with E-state index in [1.54, 1.807) is 0 Å². The van der Waals surface area contributed by atoms with E-state index in [1.165, 1.54) is 22.4 Å². The van der Waals surface area contributed by atoms with Crippen LogP contribution in [-0.4, -0.2) is 0 Å². The maximum Gasteiger partial charge on any atom is 0.187 e. The molecule has 0 bridgehead atoms. The molecule has 0 saturated heterocycles. The average Bonchev–Trinajstić information content (AvgIpc) is 2.59. The number of halogens is 1. The van der Waals surface area contributed by atoms with Gasteiger partial charge in [-0.05, 0) is 12.5 Å². The van der Waals surface area contributed by atoms with Crippen molar-refractivity contribution in [1.82, 2.24) is 0 Å². The van der Waals surface area contributed by atoms with Crippen LogP contribution in [0.15, 0.2) is 72.9 Å². The van der Waals surface area contributed by atoms with Crippen molar-refractivity contribution in [2.75, 3.05) is 0 Å². The maximum absolute atomic E-state index is 7.11. The molecule has 0 unspecified atom stereocenters. The van der Waals surface area contributed by atoms with Gasteiger partial charge in [-0.1, -0.05) is 60.2 Å². The molecule has 0 fully saturated rings. The van der Waals surface area contributed by atoms with Crippen LogP contribution in [0.1, 0.15) is 22.4 Å². The van der Waals surface area contributed by atoms with Crippen molar-refractivity contribution in [2.45, 2.75) is 19.9 Å². The van der Waals surface area contributed by atoms with Gasteiger partial charge in [0.1, 0.15) is 0 Å². The van der Waals surface area contributed by atoms with Crippen molar-refractivity contribution in [2.24, 2.45) is 0 Å². The molecule has 2 nitrogen and oxygen atoms in total. The number of rotatable bonds is 4. The molecule has 3 heteroatoms. The third-order valence-corrected chi connectivity index (χ3v) is 4.06. The summed E-state index contributed by atoms with van der Waals surface area (Å²) in [6, 6.07) is 22.8. The predicted molar refractivity (Wildman–Crippen MR) is 92.4 cm³/mol. The summed E-state index contributed by atoms with van der Waals surface area (Å²) in [7, 11) is 0. The zero-order chi connectivity index (χ0) is 16.1. The quantitative estimate of drug-likeness (QED) is 0.480. The Morgan fingerprint density at radius 1 is 0.958 bits per heavy atom. The lowest BCUT2D eigenvalue weighted by molar-refractivity contribution is -0.695. The largest absolute Gasteiger partial charge is 1.00 e. The highest BCUT2D eigenvalue weighted by Crippen LogP contribution is 2.19. The van der Waals surface area contributed by atoms with Crippen LogP contribution in [0.5, 0.6) is 0 Å². The van der Waals surface area contributed by atoms with E-state index < -0.39 is 0 Å². The minimum Gasteiger partial charge on any atom is -1.00 e. The highest BCUT2D eigenvalue weighted by Gasteiger charge is 2.12. The number of aryl methyl sites for hydroxylation is 1. The molecule has 0 atom stereocenters. The molecular weight excluding hydrogens is 360 g/mol. The fraction of sp³-hybridized carbons (Fsp3) is 0.143. The first kappa shape index (κ1) is 17.9. The minimum absolute atomic E-state index is 0. The van der Waals surface area contributed by atoms with Gasteiger partial charge in [0.25, 0.3) is 0 Å². The molecule has 0 aliphatic rings. The highest BCUT2D eigenvalue weighted by molar-refractivity contribution is 5.49. The van der Waals surface area contributed by atoms with Crippen molar-refractivity contribution >= 4 is 5.69 Å². The third-order valence-electron chi connectivity index (χ3n) is 4.06. The molecule has 0 aliphatic heterocycles. The molecule has 1 aromatic heterocycles. The Morgan fingerprint density at radius 2 is 1.71 bits per heavy atom. The Bertz CT molecular complexity index is 851. The Kier molecular flexibility index (Phi) is 6.28. The van der Waals surface area contributed by atoms with Gasteiger partial charge in [0, 0.05) is 17.7 Å². The second-order valence-corrected chi connectivity index (χ2v) is 5.70. The molecule has 1 heterocycles. The van der Waals surface area contributed by atoms with E-state index in [0.29, 0.717) is 5.69 Å². The van der Waals surface area contributed by atoms with E-state index in [1.807, 2.05) is 18.2 Å². The van der Waals surface area contributed by atoms with Gasteiger partial charge in [-0.25, -0.2) is 4.85 Å². The first-order valence-electron chi connectivity index (χ1n) is 7.74. The fourth-order valence-electron chi connectivity index (χ4n) is 2.75. The summed E-state index contributed by atoms with van der Waals surface area (Å²) < 4.78 is 2.29. The number of benzene rings is 2. The van der Waals surface area contributed by atoms with Crippen LogP contribution >= 0.6 is 0 Å². The molecule has 3 rings (SSSR count). The van der Waals surface area contributed by atoms with E-state index >= 15 is 0 Å². The fourth-order valence-corrected chi connectivity index (χ4v) is 2.75. The van der Waals surface area contributed by atoms with Crippen LogP contribution in [-0.2, 0) is 13.0 Å². The summed E-state index contributed by atoms with van der Waals surface area (Å²) in [5.74, 6) is 0.